The van der Waals surface area contributed by atoms with Gasteiger partial charge in [-0.05, 0) is 22.6 Å². The Bertz CT molecular complexity index is 1130. The maximum absolute atomic E-state index is 14.9. The van der Waals surface area contributed by atoms with Crippen LogP contribution in [0.25, 0.3) is 0 Å². The molecule has 4 rings (SSSR count). The van der Waals surface area contributed by atoms with E-state index in [9.17, 15) is 13.6 Å². The molecule has 1 aliphatic rings. The van der Waals surface area contributed by atoms with Gasteiger partial charge in [-0.3, -0.25) is 4.79 Å². The summed E-state index contributed by atoms with van der Waals surface area (Å²) in [5, 5.41) is 19.2. The number of rotatable bonds is 8. The summed E-state index contributed by atoms with van der Waals surface area (Å²) in [6.07, 6.45) is 0.826. The van der Waals surface area contributed by atoms with Crippen LogP contribution in [0.4, 0.5) is 20.3 Å². The molecule has 2 aromatic carbocycles. The van der Waals surface area contributed by atoms with Gasteiger partial charge in [0.2, 0.25) is 0 Å². The largest absolute Gasteiger partial charge is 0.481 e. The molecule has 172 valence electrons. The normalized spacial score (nSPS) is 16.8. The Labute approximate surface area is 191 Å². The average Bonchev–Trinajstić information content (AvgIpc) is 2.81. The molecule has 0 aliphatic carbocycles. The number of fused-ring (bicyclic) bond motifs is 1. The zero-order valence-electron chi connectivity index (χ0n) is 18.2. The summed E-state index contributed by atoms with van der Waals surface area (Å²) < 4.78 is 28.4. The molecule has 0 amide bonds. The number of carboxylic acid groups (broad SMARTS) is 1. The Hall–Kier alpha value is -3.52. The minimum absolute atomic E-state index is 0.0896. The van der Waals surface area contributed by atoms with Gasteiger partial charge in [0.05, 0.1) is 30.4 Å². The molecule has 33 heavy (non-hydrogen) atoms. The fraction of sp³-hybridized carbons (Fsp3) is 0.280. The van der Waals surface area contributed by atoms with E-state index in [-0.39, 0.29) is 30.0 Å². The number of hydrogen-bond acceptors (Lipinski definition) is 5. The van der Waals surface area contributed by atoms with Crippen molar-refractivity contribution >= 4 is 17.5 Å². The van der Waals surface area contributed by atoms with Gasteiger partial charge in [0.1, 0.15) is 17.5 Å². The van der Waals surface area contributed by atoms with Crippen LogP contribution in [0.1, 0.15) is 35.6 Å². The van der Waals surface area contributed by atoms with E-state index in [0.717, 1.165) is 5.56 Å². The van der Waals surface area contributed by atoms with Crippen LogP contribution in [-0.4, -0.2) is 35.2 Å². The van der Waals surface area contributed by atoms with Gasteiger partial charge in [0.25, 0.3) is 0 Å². The van der Waals surface area contributed by atoms with Gasteiger partial charge < -0.3 is 21.1 Å². The summed E-state index contributed by atoms with van der Waals surface area (Å²) in [4.78, 5) is 15.2. The average molecular weight is 453 g/mol. The number of anilines is 2. The molecule has 0 saturated carbocycles. The second-order valence-electron chi connectivity index (χ2n) is 8.27. The third kappa shape index (κ3) is 5.28. The number of carboxylic acids is 1. The fourth-order valence-electron chi connectivity index (χ4n) is 4.18. The number of nitrogens with one attached hydrogen (secondary N) is 3. The minimum atomic E-state index is -1.06. The molecule has 1 aromatic heterocycles. The summed E-state index contributed by atoms with van der Waals surface area (Å²) in [5.41, 5.74) is 2.32. The number of pyridine rings is 1. The summed E-state index contributed by atoms with van der Waals surface area (Å²) in [6.45, 7) is 2.92. The van der Waals surface area contributed by atoms with Crippen molar-refractivity contribution in [1.82, 2.24) is 10.3 Å². The highest BCUT2D eigenvalue weighted by molar-refractivity contribution is 5.70. The summed E-state index contributed by atoms with van der Waals surface area (Å²) in [7, 11) is 0. The highest BCUT2D eigenvalue weighted by atomic mass is 19.1. The molecule has 1 aliphatic heterocycles. The molecule has 0 saturated heterocycles. The van der Waals surface area contributed by atoms with Crippen LogP contribution >= 0.6 is 0 Å². The lowest BCUT2D eigenvalue weighted by molar-refractivity contribution is -0.136. The Morgan fingerprint density at radius 3 is 2.76 bits per heavy atom. The molecular formula is C25H26F2N4O2. The number of benzene rings is 2. The molecule has 4 N–H and O–H groups in total. The van der Waals surface area contributed by atoms with Crippen molar-refractivity contribution in [1.29, 1.82) is 0 Å². The van der Waals surface area contributed by atoms with E-state index in [1.54, 1.807) is 12.1 Å². The molecular weight excluding hydrogens is 426 g/mol. The second-order valence-corrected chi connectivity index (χ2v) is 8.27. The number of aromatic nitrogens is 1. The lowest BCUT2D eigenvalue weighted by Gasteiger charge is -2.35. The van der Waals surface area contributed by atoms with Crippen LogP contribution in [-0.2, 0) is 11.2 Å². The Balaban J connectivity index is 1.53. The topological polar surface area (TPSA) is 86.3 Å². The first kappa shape index (κ1) is 22.7. The van der Waals surface area contributed by atoms with Crippen molar-refractivity contribution in [2.24, 2.45) is 0 Å². The van der Waals surface area contributed by atoms with Gasteiger partial charge in [-0.15, -0.1) is 0 Å². The number of carbonyl (C=O) groups is 1. The maximum Gasteiger partial charge on any atom is 0.307 e. The van der Waals surface area contributed by atoms with Crippen molar-refractivity contribution in [2.75, 3.05) is 23.7 Å². The number of hydrogen-bond donors (Lipinski definition) is 4. The van der Waals surface area contributed by atoms with Gasteiger partial charge in [0.15, 0.2) is 0 Å². The van der Waals surface area contributed by atoms with Crippen LogP contribution in [0.15, 0.2) is 60.8 Å². The molecule has 3 aromatic rings. The van der Waals surface area contributed by atoms with Crippen LogP contribution in [0.2, 0.25) is 0 Å². The lowest BCUT2D eigenvalue weighted by Crippen LogP contribution is -2.45. The summed E-state index contributed by atoms with van der Waals surface area (Å²) in [5.74, 6) is -1.55. The van der Waals surface area contributed by atoms with Crippen molar-refractivity contribution in [2.45, 2.75) is 31.3 Å². The van der Waals surface area contributed by atoms with E-state index >= 15 is 0 Å². The van der Waals surface area contributed by atoms with E-state index in [1.807, 2.05) is 37.3 Å². The zero-order chi connectivity index (χ0) is 23.4. The molecule has 0 radical (unpaired) electrons. The van der Waals surface area contributed by atoms with Crippen LogP contribution < -0.4 is 16.0 Å². The monoisotopic (exact) mass is 452 g/mol. The molecule has 8 heteroatoms. The third-order valence-electron chi connectivity index (χ3n) is 5.88. The lowest BCUT2D eigenvalue weighted by atomic mass is 9.94. The molecule has 0 fully saturated rings. The molecule has 2 heterocycles. The van der Waals surface area contributed by atoms with Crippen molar-refractivity contribution < 1.29 is 18.7 Å². The first-order valence-electron chi connectivity index (χ1n) is 10.9. The predicted molar refractivity (Wildman–Crippen MR) is 123 cm³/mol. The predicted octanol–water partition coefficient (Wildman–Crippen LogP) is 4.33. The Morgan fingerprint density at radius 1 is 1.21 bits per heavy atom. The molecule has 0 spiro atoms. The molecule has 0 bridgehead atoms. The zero-order valence-corrected chi connectivity index (χ0v) is 18.2. The Kier molecular flexibility index (Phi) is 6.84. The molecule has 0 unspecified atom stereocenters. The Morgan fingerprint density at radius 2 is 2.00 bits per heavy atom. The van der Waals surface area contributed by atoms with Crippen LogP contribution in [0, 0.1) is 11.6 Å². The second kappa shape index (κ2) is 9.95. The first-order chi connectivity index (χ1) is 15.9. The molecule has 6 nitrogen and oxygen atoms in total. The van der Waals surface area contributed by atoms with Crippen LogP contribution in [0.3, 0.4) is 0 Å². The highest BCUT2D eigenvalue weighted by Gasteiger charge is 2.28. The van der Waals surface area contributed by atoms with Crippen molar-refractivity contribution in [3.05, 3.63) is 89.1 Å². The van der Waals surface area contributed by atoms with E-state index in [0.29, 0.717) is 30.2 Å². The van der Waals surface area contributed by atoms with Gasteiger partial charge >= 0.3 is 5.97 Å². The first-order valence-corrected chi connectivity index (χ1v) is 10.9. The standard InChI is InChI=1S/C25H26F2N4O2/c1-15(19-9-5-8-17(23(19)27)10-22(32)33)12-29-24(16-6-3-2-4-7-16)21-14-28-20-11-18(26)13-30-25(20)31-21/h2-9,11,13,15,21,24,28-29H,10,12,14H2,1H3,(H,30,31)(H,32,33)/t15-,21-,24-/m1/s1. The van der Waals surface area contributed by atoms with Gasteiger partial charge in [-0.2, -0.15) is 0 Å². The van der Waals surface area contributed by atoms with Gasteiger partial charge in [-0.25, -0.2) is 13.8 Å². The SMILES string of the molecule is C[C@H](CN[C@H](c1ccccc1)[C@H]1CNc2cc(F)cnc2N1)c1cccc(CC(=O)O)c1F. The quantitative estimate of drug-likeness (QED) is 0.407. The van der Waals surface area contributed by atoms with Crippen LogP contribution in [0.5, 0.6) is 0 Å². The molecule has 3 atom stereocenters. The minimum Gasteiger partial charge on any atom is -0.481 e. The van der Waals surface area contributed by atoms with E-state index in [4.69, 9.17) is 5.11 Å². The summed E-state index contributed by atoms with van der Waals surface area (Å²) in [6, 6.07) is 16.0. The highest BCUT2D eigenvalue weighted by Crippen LogP contribution is 2.30. The van der Waals surface area contributed by atoms with E-state index < -0.39 is 17.6 Å². The van der Waals surface area contributed by atoms with E-state index in [2.05, 4.69) is 20.9 Å². The maximum atomic E-state index is 14.9. The number of nitrogens with zero attached hydrogens (tertiary/aromatic N) is 1. The number of aliphatic carboxylic acids is 1. The van der Waals surface area contributed by atoms with Gasteiger partial charge in [-0.1, -0.05) is 55.5 Å². The van der Waals surface area contributed by atoms with Crippen molar-refractivity contribution in [3.8, 4) is 0 Å². The fourth-order valence-corrected chi connectivity index (χ4v) is 4.18. The smallest absolute Gasteiger partial charge is 0.307 e. The third-order valence-corrected chi connectivity index (χ3v) is 5.88. The van der Waals surface area contributed by atoms with Crippen molar-refractivity contribution in [3.63, 3.8) is 0 Å². The van der Waals surface area contributed by atoms with E-state index in [1.165, 1.54) is 18.3 Å². The summed E-state index contributed by atoms with van der Waals surface area (Å²) >= 11 is 0. The number of halogens is 2. The van der Waals surface area contributed by atoms with Gasteiger partial charge in [0, 0.05) is 19.2 Å².